The summed E-state index contributed by atoms with van der Waals surface area (Å²) in [5.74, 6) is 0.621. The predicted molar refractivity (Wildman–Crippen MR) is 121 cm³/mol. The molecule has 0 radical (unpaired) electrons. The first-order valence-electron chi connectivity index (χ1n) is 10.5. The summed E-state index contributed by atoms with van der Waals surface area (Å²) in [6.45, 7) is 11.7. The first-order chi connectivity index (χ1) is 13.2. The smallest absolute Gasteiger partial charge is 0.233 e. The van der Waals surface area contributed by atoms with Crippen molar-refractivity contribution in [2.24, 2.45) is 0 Å². The molecule has 2 N–H and O–H groups in total. The molecule has 0 saturated heterocycles. The van der Waals surface area contributed by atoms with Gasteiger partial charge >= 0.3 is 0 Å². The van der Waals surface area contributed by atoms with E-state index in [1.165, 1.54) is 27.0 Å². The molecule has 3 rings (SSSR count). The van der Waals surface area contributed by atoms with Crippen molar-refractivity contribution in [1.82, 2.24) is 15.2 Å². The molecular weight excluding hydrogens is 366 g/mol. The summed E-state index contributed by atoms with van der Waals surface area (Å²) in [7, 11) is 3.96. The summed E-state index contributed by atoms with van der Waals surface area (Å²) in [5, 5.41) is 4.59. The molecule has 28 heavy (non-hydrogen) atoms. The van der Waals surface area contributed by atoms with Gasteiger partial charge in [0.2, 0.25) is 5.91 Å². The van der Waals surface area contributed by atoms with E-state index in [0.717, 1.165) is 30.7 Å². The van der Waals surface area contributed by atoms with Gasteiger partial charge in [0.25, 0.3) is 0 Å². The van der Waals surface area contributed by atoms with Crippen molar-refractivity contribution in [2.45, 2.75) is 71.3 Å². The van der Waals surface area contributed by atoms with Gasteiger partial charge in [0.15, 0.2) is 0 Å². The van der Waals surface area contributed by atoms with E-state index in [9.17, 15) is 4.79 Å². The zero-order valence-electron chi connectivity index (χ0n) is 18.4. The molecule has 0 unspecified atom stereocenters. The molecular formula is C23H35N3OS. The zero-order chi connectivity index (χ0) is 20.6. The topological polar surface area (TPSA) is 48.1 Å². The summed E-state index contributed by atoms with van der Waals surface area (Å²) in [4.78, 5) is 21.1. The average Bonchev–Trinajstić information content (AvgIpc) is 3.30. The second-order valence-electron chi connectivity index (χ2n) is 8.79. The minimum atomic E-state index is -0.500. The number of aromatic amines is 1. The maximum Gasteiger partial charge on any atom is 0.233 e. The zero-order valence-corrected chi connectivity index (χ0v) is 19.2. The summed E-state index contributed by atoms with van der Waals surface area (Å²) < 4.78 is 0. The normalized spacial score (nSPS) is 16.6. The molecule has 1 aliphatic rings. The molecule has 1 amide bonds. The number of carbonyl (C=O) groups is 1. The summed E-state index contributed by atoms with van der Waals surface area (Å²) in [6, 6.07) is 2.70. The highest BCUT2D eigenvalue weighted by atomic mass is 32.1. The Balaban J connectivity index is 2.05. The standard InChI is InChI=1S/C23H35N3OS/c1-8-9-14(2)20-19(15(3)13-24-6)17-12-18(28-21(17)25-20)23(4,5)22(27)26(7)16-10-11-16/h9,12,15-16,24-25H,8,10-11,13H2,1-7H3/b14-9+/t15-/m1/s1. The summed E-state index contributed by atoms with van der Waals surface area (Å²) in [5.41, 5.74) is 3.42. The van der Waals surface area contributed by atoms with Crippen LogP contribution in [-0.2, 0) is 10.2 Å². The maximum atomic E-state index is 13.1. The fraction of sp³-hybridized carbons (Fsp3) is 0.609. The third-order valence-corrected chi connectivity index (χ3v) is 7.38. The molecule has 1 atom stereocenters. The van der Waals surface area contributed by atoms with E-state index in [4.69, 9.17) is 0 Å². The van der Waals surface area contributed by atoms with Gasteiger partial charge in [-0.05, 0) is 70.2 Å². The van der Waals surface area contributed by atoms with Gasteiger partial charge in [-0.2, -0.15) is 0 Å². The van der Waals surface area contributed by atoms with Gasteiger partial charge in [0, 0.05) is 35.6 Å². The first kappa shape index (κ1) is 21.1. The van der Waals surface area contributed by atoms with E-state index in [1.54, 1.807) is 11.3 Å². The number of rotatable bonds is 8. The van der Waals surface area contributed by atoms with Crippen molar-refractivity contribution in [3.05, 3.63) is 28.3 Å². The molecule has 1 saturated carbocycles. The number of hydrogen-bond acceptors (Lipinski definition) is 3. The number of allylic oxidation sites excluding steroid dienone is 2. The van der Waals surface area contributed by atoms with E-state index in [-0.39, 0.29) is 5.91 Å². The van der Waals surface area contributed by atoms with Crippen LogP contribution in [0.25, 0.3) is 15.8 Å². The lowest BCUT2D eigenvalue weighted by molar-refractivity contribution is -0.135. The van der Waals surface area contributed by atoms with Crippen LogP contribution in [0.4, 0.5) is 0 Å². The van der Waals surface area contributed by atoms with Crippen molar-refractivity contribution >= 4 is 33.0 Å². The highest BCUT2D eigenvalue weighted by Crippen LogP contribution is 2.42. The van der Waals surface area contributed by atoms with Crippen LogP contribution >= 0.6 is 11.3 Å². The van der Waals surface area contributed by atoms with Crippen LogP contribution < -0.4 is 5.32 Å². The van der Waals surface area contributed by atoms with Crippen LogP contribution in [0.2, 0.25) is 0 Å². The second kappa shape index (κ2) is 8.03. The largest absolute Gasteiger partial charge is 0.346 e. The molecule has 2 heterocycles. The first-order valence-corrected chi connectivity index (χ1v) is 11.3. The molecule has 4 nitrogen and oxygen atoms in total. The van der Waals surface area contributed by atoms with Gasteiger partial charge in [0.1, 0.15) is 4.83 Å². The average molecular weight is 402 g/mol. The monoisotopic (exact) mass is 401 g/mol. The van der Waals surface area contributed by atoms with Gasteiger partial charge in [-0.25, -0.2) is 0 Å². The molecule has 1 aliphatic carbocycles. The van der Waals surface area contributed by atoms with Crippen LogP contribution in [0.5, 0.6) is 0 Å². The lowest BCUT2D eigenvalue weighted by atomic mass is 9.88. The van der Waals surface area contributed by atoms with Crippen LogP contribution in [0.15, 0.2) is 12.1 Å². The Hall–Kier alpha value is -1.59. The van der Waals surface area contributed by atoms with Gasteiger partial charge in [0.05, 0.1) is 5.41 Å². The Bertz CT molecular complexity index is 885. The molecule has 0 bridgehead atoms. The van der Waals surface area contributed by atoms with Crippen molar-refractivity contribution in [1.29, 1.82) is 0 Å². The lowest BCUT2D eigenvalue weighted by Crippen LogP contribution is -2.42. The second-order valence-corrected chi connectivity index (χ2v) is 9.85. The van der Waals surface area contributed by atoms with Crippen molar-refractivity contribution < 1.29 is 4.79 Å². The number of aromatic nitrogens is 1. The number of carbonyl (C=O) groups excluding carboxylic acids is 1. The Labute approximate surface area is 173 Å². The molecule has 154 valence electrons. The Morgan fingerprint density at radius 3 is 2.71 bits per heavy atom. The highest BCUT2D eigenvalue weighted by molar-refractivity contribution is 7.19. The minimum absolute atomic E-state index is 0.228. The van der Waals surface area contributed by atoms with Crippen LogP contribution in [0.1, 0.15) is 75.9 Å². The van der Waals surface area contributed by atoms with E-state index in [1.807, 2.05) is 19.0 Å². The number of nitrogens with one attached hydrogen (secondary N) is 2. The number of nitrogens with zero attached hydrogens (tertiary/aromatic N) is 1. The number of H-pyrrole nitrogens is 1. The highest BCUT2D eigenvalue weighted by Gasteiger charge is 2.40. The lowest BCUT2D eigenvalue weighted by Gasteiger charge is -2.28. The number of hydrogen-bond donors (Lipinski definition) is 2. The van der Waals surface area contributed by atoms with Crippen molar-refractivity contribution in [3.63, 3.8) is 0 Å². The maximum absolute atomic E-state index is 13.1. The van der Waals surface area contributed by atoms with Gasteiger partial charge in [-0.1, -0.05) is 19.9 Å². The quantitative estimate of drug-likeness (QED) is 0.633. The van der Waals surface area contributed by atoms with Gasteiger partial charge in [-0.15, -0.1) is 11.3 Å². The number of amides is 1. The Morgan fingerprint density at radius 1 is 1.46 bits per heavy atom. The van der Waals surface area contributed by atoms with Gasteiger partial charge in [-0.3, -0.25) is 4.79 Å². The molecule has 2 aromatic heterocycles. The number of thiophene rings is 1. The van der Waals surface area contributed by atoms with E-state index in [2.05, 4.69) is 57.1 Å². The summed E-state index contributed by atoms with van der Waals surface area (Å²) >= 11 is 1.74. The predicted octanol–water partition coefficient (Wildman–Crippen LogP) is 5.26. The molecule has 0 aromatic carbocycles. The molecule has 0 spiro atoms. The summed E-state index contributed by atoms with van der Waals surface area (Å²) in [6.07, 6.45) is 5.59. The van der Waals surface area contributed by atoms with E-state index >= 15 is 0 Å². The third kappa shape index (κ3) is 3.79. The molecule has 5 heteroatoms. The van der Waals surface area contributed by atoms with E-state index < -0.39 is 5.41 Å². The van der Waals surface area contributed by atoms with Gasteiger partial charge < -0.3 is 15.2 Å². The van der Waals surface area contributed by atoms with Crippen molar-refractivity contribution in [3.8, 4) is 0 Å². The fourth-order valence-electron chi connectivity index (χ4n) is 4.12. The minimum Gasteiger partial charge on any atom is -0.346 e. The Kier molecular flexibility index (Phi) is 6.06. The molecule has 2 aromatic rings. The molecule has 0 aliphatic heterocycles. The van der Waals surface area contributed by atoms with E-state index in [0.29, 0.717) is 12.0 Å². The van der Waals surface area contributed by atoms with Crippen LogP contribution in [0, 0.1) is 0 Å². The number of likely N-dealkylation sites (N-methyl/N-ethyl adjacent to an activating group) is 2. The van der Waals surface area contributed by atoms with Crippen LogP contribution in [-0.4, -0.2) is 42.5 Å². The Morgan fingerprint density at radius 2 is 2.14 bits per heavy atom. The van der Waals surface area contributed by atoms with Crippen molar-refractivity contribution in [2.75, 3.05) is 20.6 Å². The number of fused-ring (bicyclic) bond motifs is 1. The van der Waals surface area contributed by atoms with Crippen LogP contribution in [0.3, 0.4) is 0 Å². The molecule has 1 fully saturated rings. The third-order valence-electron chi connectivity index (χ3n) is 6.00. The fourth-order valence-corrected chi connectivity index (χ4v) is 5.29. The SMILES string of the molecule is CC/C=C(\C)c1[nH]c2sc(C(C)(C)C(=O)N(C)C3CC3)cc2c1[C@H](C)CNC.